The van der Waals surface area contributed by atoms with E-state index < -0.39 is 0 Å². The largest absolute Gasteiger partial charge is 0.354 e. The number of anilines is 1. The quantitative estimate of drug-likeness (QED) is 0.754. The molecule has 3 heteroatoms. The second-order valence-corrected chi connectivity index (χ2v) is 5.02. The summed E-state index contributed by atoms with van der Waals surface area (Å²) >= 11 is 0. The molecule has 0 saturated carbocycles. The Balaban J connectivity index is 2.08. The van der Waals surface area contributed by atoms with E-state index in [1.807, 2.05) is 6.07 Å². The van der Waals surface area contributed by atoms with Gasteiger partial charge in [-0.1, -0.05) is 27.2 Å². The van der Waals surface area contributed by atoms with Gasteiger partial charge in [-0.2, -0.15) is 0 Å². The Kier molecular flexibility index (Phi) is 4.53. The van der Waals surface area contributed by atoms with Crippen LogP contribution in [0.4, 0.5) is 5.95 Å². The first-order chi connectivity index (χ1) is 7.08. The molecule has 15 heavy (non-hydrogen) atoms. The zero-order valence-electron chi connectivity index (χ0n) is 9.95. The van der Waals surface area contributed by atoms with Crippen LogP contribution >= 0.6 is 0 Å². The average Bonchev–Trinajstić information content (AvgIpc) is 2.17. The normalized spacial score (nSPS) is 11.4. The van der Waals surface area contributed by atoms with E-state index in [1.54, 1.807) is 12.4 Å². The number of unbranched alkanes of at least 4 members (excludes halogenated alkanes) is 1. The second kappa shape index (κ2) is 5.69. The van der Waals surface area contributed by atoms with Gasteiger partial charge < -0.3 is 5.32 Å². The van der Waals surface area contributed by atoms with Crippen molar-refractivity contribution in [2.75, 3.05) is 11.9 Å². The van der Waals surface area contributed by atoms with E-state index >= 15 is 0 Å². The maximum absolute atomic E-state index is 4.10. The van der Waals surface area contributed by atoms with Crippen molar-refractivity contribution < 1.29 is 0 Å². The van der Waals surface area contributed by atoms with Crippen LogP contribution in [0.3, 0.4) is 0 Å². The first-order valence-electron chi connectivity index (χ1n) is 5.59. The molecule has 3 nitrogen and oxygen atoms in total. The van der Waals surface area contributed by atoms with Gasteiger partial charge in [0.25, 0.3) is 0 Å². The second-order valence-electron chi connectivity index (χ2n) is 5.02. The minimum atomic E-state index is 0.448. The summed E-state index contributed by atoms with van der Waals surface area (Å²) in [5, 5.41) is 3.21. The van der Waals surface area contributed by atoms with Crippen molar-refractivity contribution in [3.05, 3.63) is 18.5 Å². The molecule has 0 amide bonds. The van der Waals surface area contributed by atoms with Crippen LogP contribution in [0.1, 0.15) is 40.0 Å². The van der Waals surface area contributed by atoms with Gasteiger partial charge in [0.2, 0.25) is 5.95 Å². The highest BCUT2D eigenvalue weighted by atomic mass is 15.1. The summed E-state index contributed by atoms with van der Waals surface area (Å²) in [6, 6.07) is 1.82. The van der Waals surface area contributed by atoms with Gasteiger partial charge in [0.05, 0.1) is 0 Å². The fraction of sp³-hybridized carbons (Fsp3) is 0.667. The van der Waals surface area contributed by atoms with Crippen molar-refractivity contribution in [2.45, 2.75) is 40.0 Å². The lowest BCUT2D eigenvalue weighted by Crippen LogP contribution is -2.08. The van der Waals surface area contributed by atoms with Crippen molar-refractivity contribution in [1.29, 1.82) is 0 Å². The van der Waals surface area contributed by atoms with Gasteiger partial charge in [-0.15, -0.1) is 0 Å². The molecule has 0 bridgehead atoms. The van der Waals surface area contributed by atoms with E-state index in [-0.39, 0.29) is 0 Å². The van der Waals surface area contributed by atoms with E-state index in [0.29, 0.717) is 5.41 Å². The summed E-state index contributed by atoms with van der Waals surface area (Å²) in [7, 11) is 0. The van der Waals surface area contributed by atoms with Gasteiger partial charge in [-0.25, -0.2) is 9.97 Å². The number of aromatic nitrogens is 2. The highest BCUT2D eigenvalue weighted by molar-refractivity contribution is 5.21. The van der Waals surface area contributed by atoms with Gasteiger partial charge in [-0.05, 0) is 24.3 Å². The topological polar surface area (TPSA) is 37.8 Å². The molecule has 0 radical (unpaired) electrons. The van der Waals surface area contributed by atoms with Crippen molar-refractivity contribution >= 4 is 5.95 Å². The summed E-state index contributed by atoms with van der Waals surface area (Å²) in [6.07, 6.45) is 7.21. The van der Waals surface area contributed by atoms with Crippen LogP contribution in [-0.2, 0) is 0 Å². The highest BCUT2D eigenvalue weighted by Gasteiger charge is 2.08. The summed E-state index contributed by atoms with van der Waals surface area (Å²) in [6.45, 7) is 7.79. The van der Waals surface area contributed by atoms with Crippen LogP contribution in [0.15, 0.2) is 18.5 Å². The summed E-state index contributed by atoms with van der Waals surface area (Å²) in [5.74, 6) is 0.730. The molecule has 0 saturated heterocycles. The lowest BCUT2D eigenvalue weighted by atomic mass is 9.90. The van der Waals surface area contributed by atoms with E-state index in [0.717, 1.165) is 12.5 Å². The van der Waals surface area contributed by atoms with Crippen LogP contribution in [0.25, 0.3) is 0 Å². The minimum absolute atomic E-state index is 0.448. The van der Waals surface area contributed by atoms with Gasteiger partial charge in [0.1, 0.15) is 0 Å². The molecule has 1 N–H and O–H groups in total. The lowest BCUT2D eigenvalue weighted by molar-refractivity contribution is 0.362. The predicted molar refractivity (Wildman–Crippen MR) is 63.8 cm³/mol. The predicted octanol–water partition coefficient (Wildman–Crippen LogP) is 3.10. The average molecular weight is 207 g/mol. The number of nitrogens with one attached hydrogen (secondary N) is 1. The van der Waals surface area contributed by atoms with Crippen LogP contribution in [-0.4, -0.2) is 16.5 Å². The SMILES string of the molecule is CC(C)(C)CCCCNc1ncccn1. The Labute approximate surface area is 92.3 Å². The van der Waals surface area contributed by atoms with Crippen LogP contribution in [0, 0.1) is 5.41 Å². The highest BCUT2D eigenvalue weighted by Crippen LogP contribution is 2.21. The number of hydrogen-bond acceptors (Lipinski definition) is 3. The summed E-state index contributed by atoms with van der Waals surface area (Å²) < 4.78 is 0. The standard InChI is InChI=1S/C12H21N3/c1-12(2,3)7-4-5-8-13-11-14-9-6-10-15-11/h6,9-10H,4-5,7-8H2,1-3H3,(H,13,14,15). The zero-order chi connectivity index (χ0) is 11.1. The van der Waals surface area contributed by atoms with Crippen LogP contribution < -0.4 is 5.32 Å². The molecule has 0 aliphatic carbocycles. The monoisotopic (exact) mass is 207 g/mol. The van der Waals surface area contributed by atoms with Gasteiger partial charge in [0.15, 0.2) is 0 Å². The Morgan fingerprint density at radius 1 is 1.13 bits per heavy atom. The molecule has 1 rings (SSSR count). The Bertz CT molecular complexity index is 264. The van der Waals surface area contributed by atoms with Gasteiger partial charge in [0, 0.05) is 18.9 Å². The van der Waals surface area contributed by atoms with Crippen molar-refractivity contribution in [3.8, 4) is 0 Å². The molecular formula is C12H21N3. The van der Waals surface area contributed by atoms with Crippen molar-refractivity contribution in [2.24, 2.45) is 5.41 Å². The number of rotatable bonds is 5. The number of hydrogen-bond donors (Lipinski definition) is 1. The fourth-order valence-corrected chi connectivity index (χ4v) is 1.37. The third-order valence-electron chi connectivity index (χ3n) is 2.20. The van der Waals surface area contributed by atoms with E-state index in [2.05, 4.69) is 36.1 Å². The van der Waals surface area contributed by atoms with E-state index in [4.69, 9.17) is 0 Å². The van der Waals surface area contributed by atoms with Crippen LogP contribution in [0.2, 0.25) is 0 Å². The first kappa shape index (κ1) is 12.0. The Hall–Kier alpha value is -1.12. The minimum Gasteiger partial charge on any atom is -0.354 e. The molecule has 0 atom stereocenters. The van der Waals surface area contributed by atoms with Gasteiger partial charge in [-0.3, -0.25) is 0 Å². The van der Waals surface area contributed by atoms with Crippen molar-refractivity contribution in [3.63, 3.8) is 0 Å². The van der Waals surface area contributed by atoms with Crippen molar-refractivity contribution in [1.82, 2.24) is 9.97 Å². The maximum Gasteiger partial charge on any atom is 0.222 e. The van der Waals surface area contributed by atoms with E-state index in [1.165, 1.54) is 19.3 Å². The number of nitrogens with zero attached hydrogens (tertiary/aromatic N) is 2. The molecule has 1 aromatic rings. The molecular weight excluding hydrogens is 186 g/mol. The third kappa shape index (κ3) is 6.05. The first-order valence-corrected chi connectivity index (χ1v) is 5.59. The van der Waals surface area contributed by atoms with Gasteiger partial charge >= 0.3 is 0 Å². The molecule has 0 aromatic carbocycles. The molecule has 0 aliphatic heterocycles. The molecule has 0 fully saturated rings. The molecule has 0 aliphatic rings. The molecule has 0 unspecified atom stereocenters. The zero-order valence-corrected chi connectivity index (χ0v) is 9.95. The third-order valence-corrected chi connectivity index (χ3v) is 2.20. The fourth-order valence-electron chi connectivity index (χ4n) is 1.37. The lowest BCUT2D eigenvalue weighted by Gasteiger charge is -2.17. The Morgan fingerprint density at radius 2 is 1.80 bits per heavy atom. The molecule has 1 heterocycles. The molecule has 1 aromatic heterocycles. The van der Waals surface area contributed by atoms with Crippen LogP contribution in [0.5, 0.6) is 0 Å². The molecule has 84 valence electrons. The molecule has 0 spiro atoms. The summed E-state index contributed by atoms with van der Waals surface area (Å²) in [4.78, 5) is 8.21. The Morgan fingerprint density at radius 3 is 2.40 bits per heavy atom. The smallest absolute Gasteiger partial charge is 0.222 e. The summed E-state index contributed by atoms with van der Waals surface area (Å²) in [5.41, 5.74) is 0.448. The van der Waals surface area contributed by atoms with E-state index in [9.17, 15) is 0 Å². The maximum atomic E-state index is 4.10.